The summed E-state index contributed by atoms with van der Waals surface area (Å²) in [4.78, 5) is 7.40. The van der Waals surface area contributed by atoms with Crippen molar-refractivity contribution in [1.29, 1.82) is 0 Å². The number of hydrogen-bond donors (Lipinski definition) is 0. The average Bonchev–Trinajstić information content (AvgIpc) is 3.30. The van der Waals surface area contributed by atoms with Gasteiger partial charge in [0.25, 0.3) is 0 Å². The Morgan fingerprint density at radius 3 is 3.22 bits per heavy atom. The fourth-order valence-electron chi connectivity index (χ4n) is 2.72. The molecule has 1 aliphatic heterocycles. The van der Waals surface area contributed by atoms with Crippen LogP contribution in [0.1, 0.15) is 5.69 Å². The Labute approximate surface area is 137 Å². The van der Waals surface area contributed by atoms with Gasteiger partial charge in [-0.1, -0.05) is 11.2 Å². The van der Waals surface area contributed by atoms with Crippen LogP contribution in [-0.2, 0) is 17.8 Å². The molecule has 1 saturated heterocycles. The van der Waals surface area contributed by atoms with Crippen LogP contribution in [0.5, 0.6) is 0 Å². The van der Waals surface area contributed by atoms with Crippen LogP contribution in [-0.4, -0.2) is 50.6 Å². The van der Waals surface area contributed by atoms with Gasteiger partial charge in [-0.05, 0) is 11.4 Å². The van der Waals surface area contributed by atoms with Gasteiger partial charge in [0.2, 0.25) is 0 Å². The van der Waals surface area contributed by atoms with Crippen LogP contribution >= 0.6 is 11.3 Å². The van der Waals surface area contributed by atoms with Gasteiger partial charge in [-0.15, -0.1) is 11.3 Å². The Balaban J connectivity index is 1.37. The van der Waals surface area contributed by atoms with E-state index in [0.29, 0.717) is 0 Å². The third-order valence-corrected chi connectivity index (χ3v) is 4.67. The Morgan fingerprint density at radius 1 is 1.39 bits per heavy atom. The smallest absolute Gasteiger partial charge is 0.177 e. The first-order chi connectivity index (χ1) is 11.4. The lowest BCUT2D eigenvalue weighted by atomic mass is 10.2. The minimum absolute atomic E-state index is 0.120. The number of morpholine rings is 1. The molecule has 3 aromatic heterocycles. The average molecular weight is 331 g/mol. The molecular formula is C15H17N5O2S. The van der Waals surface area contributed by atoms with Crippen LogP contribution in [0.25, 0.3) is 10.6 Å². The van der Waals surface area contributed by atoms with Gasteiger partial charge in [0, 0.05) is 25.7 Å². The van der Waals surface area contributed by atoms with E-state index in [1.54, 1.807) is 28.7 Å². The zero-order valence-electron chi connectivity index (χ0n) is 12.5. The van der Waals surface area contributed by atoms with E-state index in [4.69, 9.17) is 9.26 Å². The predicted molar refractivity (Wildman–Crippen MR) is 84.9 cm³/mol. The van der Waals surface area contributed by atoms with E-state index in [9.17, 15) is 0 Å². The molecule has 8 heteroatoms. The van der Waals surface area contributed by atoms with E-state index in [1.165, 1.54) is 0 Å². The highest BCUT2D eigenvalue weighted by Crippen LogP contribution is 2.25. The zero-order valence-corrected chi connectivity index (χ0v) is 13.4. The van der Waals surface area contributed by atoms with Crippen LogP contribution < -0.4 is 0 Å². The number of thiophene rings is 1. The maximum absolute atomic E-state index is 5.81. The first kappa shape index (κ1) is 14.6. The summed E-state index contributed by atoms with van der Waals surface area (Å²) in [5.74, 6) is 0.836. The van der Waals surface area contributed by atoms with E-state index < -0.39 is 0 Å². The standard InChI is InChI=1S/C15H17N5O2S/c1-2-15(23-5-1)14-6-12(18-22-14)7-19-3-4-21-13(8-19)9-20-11-16-10-17-20/h1-2,5-6,10-11,13H,3-4,7-9H2/t13-/m1/s1. The quantitative estimate of drug-likeness (QED) is 0.711. The van der Waals surface area contributed by atoms with Crippen molar-refractivity contribution in [3.8, 4) is 10.6 Å². The first-order valence-corrected chi connectivity index (χ1v) is 8.40. The minimum atomic E-state index is 0.120. The number of aromatic nitrogens is 4. The van der Waals surface area contributed by atoms with Gasteiger partial charge in [0.1, 0.15) is 12.7 Å². The molecule has 0 amide bonds. The van der Waals surface area contributed by atoms with Crippen molar-refractivity contribution in [1.82, 2.24) is 24.8 Å². The molecular weight excluding hydrogens is 314 g/mol. The second-order valence-corrected chi connectivity index (χ2v) is 6.45. The van der Waals surface area contributed by atoms with Gasteiger partial charge in [-0.2, -0.15) is 5.10 Å². The molecule has 0 saturated carbocycles. The van der Waals surface area contributed by atoms with E-state index in [-0.39, 0.29) is 6.10 Å². The van der Waals surface area contributed by atoms with Crippen LogP contribution in [0.15, 0.2) is 40.8 Å². The van der Waals surface area contributed by atoms with Crippen LogP contribution in [0.2, 0.25) is 0 Å². The van der Waals surface area contributed by atoms with E-state index in [2.05, 4.69) is 20.1 Å². The molecule has 4 heterocycles. The van der Waals surface area contributed by atoms with Crippen molar-refractivity contribution in [3.63, 3.8) is 0 Å². The minimum Gasteiger partial charge on any atom is -0.374 e. The topological polar surface area (TPSA) is 69.2 Å². The maximum Gasteiger partial charge on any atom is 0.177 e. The lowest BCUT2D eigenvalue weighted by Gasteiger charge is -2.32. The molecule has 0 radical (unpaired) electrons. The molecule has 0 unspecified atom stereocenters. The van der Waals surface area contributed by atoms with Gasteiger partial charge in [-0.25, -0.2) is 4.98 Å². The van der Waals surface area contributed by atoms with Gasteiger partial charge in [0.05, 0.1) is 29.8 Å². The van der Waals surface area contributed by atoms with Gasteiger partial charge >= 0.3 is 0 Å². The summed E-state index contributed by atoms with van der Waals surface area (Å²) < 4.78 is 13.1. The normalized spacial score (nSPS) is 19.2. The SMILES string of the molecule is c1csc(-c2cc(CN3CCO[C@@H](Cn4cncn4)C3)no2)c1. The van der Waals surface area contributed by atoms with Crippen molar-refractivity contribution in [2.24, 2.45) is 0 Å². The van der Waals surface area contributed by atoms with Crippen LogP contribution in [0, 0.1) is 0 Å². The van der Waals surface area contributed by atoms with Gasteiger partial charge in [-0.3, -0.25) is 9.58 Å². The summed E-state index contributed by atoms with van der Waals surface area (Å²) in [6.07, 6.45) is 3.38. The van der Waals surface area contributed by atoms with E-state index in [1.807, 2.05) is 23.6 Å². The third kappa shape index (κ3) is 3.49. The highest BCUT2D eigenvalue weighted by molar-refractivity contribution is 7.13. The molecule has 4 rings (SSSR count). The Morgan fingerprint density at radius 2 is 2.39 bits per heavy atom. The number of hydrogen-bond acceptors (Lipinski definition) is 7. The predicted octanol–water partition coefficient (Wildman–Crippen LogP) is 1.90. The Bertz CT molecular complexity index is 725. The Hall–Kier alpha value is -2.03. The second kappa shape index (κ2) is 6.61. The van der Waals surface area contributed by atoms with Crippen LogP contribution in [0.4, 0.5) is 0 Å². The van der Waals surface area contributed by atoms with Crippen molar-refractivity contribution in [2.75, 3.05) is 19.7 Å². The largest absolute Gasteiger partial charge is 0.374 e. The lowest BCUT2D eigenvalue weighted by molar-refractivity contribution is -0.0407. The van der Waals surface area contributed by atoms with Crippen molar-refractivity contribution < 1.29 is 9.26 Å². The highest BCUT2D eigenvalue weighted by atomic mass is 32.1. The summed E-state index contributed by atoms with van der Waals surface area (Å²) in [5.41, 5.74) is 0.954. The summed E-state index contributed by atoms with van der Waals surface area (Å²) in [6.45, 7) is 3.95. The first-order valence-electron chi connectivity index (χ1n) is 7.52. The van der Waals surface area contributed by atoms with Crippen molar-refractivity contribution >= 4 is 11.3 Å². The van der Waals surface area contributed by atoms with Crippen molar-refractivity contribution in [3.05, 3.63) is 41.9 Å². The van der Waals surface area contributed by atoms with E-state index in [0.717, 1.165) is 49.1 Å². The summed E-state index contributed by atoms with van der Waals surface area (Å²) in [6, 6.07) is 6.07. The molecule has 1 atom stereocenters. The zero-order chi connectivity index (χ0) is 15.5. The van der Waals surface area contributed by atoms with Crippen molar-refractivity contribution in [2.45, 2.75) is 19.2 Å². The summed E-state index contributed by atoms with van der Waals surface area (Å²) >= 11 is 1.65. The second-order valence-electron chi connectivity index (χ2n) is 5.51. The molecule has 7 nitrogen and oxygen atoms in total. The number of nitrogens with zero attached hydrogens (tertiary/aromatic N) is 5. The lowest BCUT2D eigenvalue weighted by Crippen LogP contribution is -2.43. The summed E-state index contributed by atoms with van der Waals surface area (Å²) in [5, 5.41) is 10.4. The number of rotatable bonds is 5. The molecule has 1 aliphatic rings. The van der Waals surface area contributed by atoms with Gasteiger partial charge in [0.15, 0.2) is 5.76 Å². The molecule has 0 aliphatic carbocycles. The number of ether oxygens (including phenoxy) is 1. The molecule has 3 aromatic rings. The molecule has 23 heavy (non-hydrogen) atoms. The Kier molecular flexibility index (Phi) is 4.18. The molecule has 1 fully saturated rings. The third-order valence-electron chi connectivity index (χ3n) is 3.79. The molecule has 0 N–H and O–H groups in total. The summed E-state index contributed by atoms with van der Waals surface area (Å²) in [7, 11) is 0. The molecule has 0 spiro atoms. The maximum atomic E-state index is 5.81. The van der Waals surface area contributed by atoms with Gasteiger partial charge < -0.3 is 9.26 Å². The fourth-order valence-corrected chi connectivity index (χ4v) is 3.39. The molecule has 0 aromatic carbocycles. The van der Waals surface area contributed by atoms with E-state index >= 15 is 0 Å². The fraction of sp³-hybridized carbons (Fsp3) is 0.400. The molecule has 120 valence electrons. The highest BCUT2D eigenvalue weighted by Gasteiger charge is 2.22. The molecule has 0 bridgehead atoms. The van der Waals surface area contributed by atoms with Crippen LogP contribution in [0.3, 0.4) is 0 Å². The monoisotopic (exact) mass is 331 g/mol.